The van der Waals surface area contributed by atoms with E-state index in [1.54, 1.807) is 18.2 Å². The van der Waals surface area contributed by atoms with Crippen molar-refractivity contribution in [1.29, 1.82) is 0 Å². The Bertz CT molecular complexity index is 1280. The predicted octanol–water partition coefficient (Wildman–Crippen LogP) is 4.41. The van der Waals surface area contributed by atoms with Crippen molar-refractivity contribution in [2.45, 2.75) is 48.9 Å². The molecule has 0 spiro atoms. The number of phenols is 1. The Balaban J connectivity index is 0.00000228. The zero-order valence-corrected chi connectivity index (χ0v) is 18.8. The first-order valence-electron chi connectivity index (χ1n) is 10.9. The van der Waals surface area contributed by atoms with Gasteiger partial charge in [0.1, 0.15) is 5.75 Å². The molecule has 2 heterocycles. The third kappa shape index (κ3) is 3.02. The van der Waals surface area contributed by atoms with Crippen LogP contribution in [0.1, 0.15) is 34.4 Å². The first-order chi connectivity index (χ1) is 15.1. The highest BCUT2D eigenvalue weighted by Gasteiger charge is 2.64. The molecule has 2 N–H and O–H groups in total. The van der Waals surface area contributed by atoms with Crippen LogP contribution in [0.2, 0.25) is 0 Å². The molecule has 2 aliphatic carbocycles. The van der Waals surface area contributed by atoms with Gasteiger partial charge >= 0.3 is 6.18 Å². The lowest BCUT2D eigenvalue weighted by Crippen LogP contribution is -2.73. The van der Waals surface area contributed by atoms with Gasteiger partial charge in [0.05, 0.1) is 16.7 Å². The van der Waals surface area contributed by atoms with Crippen LogP contribution in [0.15, 0.2) is 42.5 Å². The average molecular weight is 477 g/mol. The number of likely N-dealkylation sites (tertiary alicyclic amines) is 1. The second-order valence-electron chi connectivity index (χ2n) is 9.65. The molecule has 0 amide bonds. The first-order valence-corrected chi connectivity index (χ1v) is 10.9. The van der Waals surface area contributed by atoms with Crippen LogP contribution in [-0.4, -0.2) is 45.3 Å². The van der Waals surface area contributed by atoms with E-state index in [2.05, 4.69) is 4.90 Å². The molecule has 0 radical (unpaired) electrons. The molecule has 174 valence electrons. The molecule has 1 saturated heterocycles. The molecule has 4 nitrogen and oxygen atoms in total. The SMILES string of the molecule is CN1CC[C@]23Cc4nc5ccc(C(F)(F)F)cc5cc4C[C@@]2(O)[C@H]1Cc1ccc(O)cc13.Cl. The van der Waals surface area contributed by atoms with Crippen LogP contribution < -0.4 is 0 Å². The molecule has 6 rings (SSSR count). The summed E-state index contributed by atoms with van der Waals surface area (Å²) < 4.78 is 39.7. The predicted molar refractivity (Wildman–Crippen MR) is 121 cm³/mol. The van der Waals surface area contributed by atoms with Crippen LogP contribution in [0.3, 0.4) is 0 Å². The van der Waals surface area contributed by atoms with Gasteiger partial charge in [-0.05, 0) is 79.5 Å². The van der Waals surface area contributed by atoms with Crippen LogP contribution in [-0.2, 0) is 30.9 Å². The molecule has 1 aliphatic heterocycles. The molecular formula is C25H24ClF3N2O2. The first kappa shape index (κ1) is 22.4. The number of fused-ring (bicyclic) bond motifs is 3. The van der Waals surface area contributed by atoms with Crippen LogP contribution in [0.5, 0.6) is 5.75 Å². The van der Waals surface area contributed by atoms with Gasteiger partial charge in [0.25, 0.3) is 0 Å². The zero-order valence-electron chi connectivity index (χ0n) is 18.0. The van der Waals surface area contributed by atoms with Crippen molar-refractivity contribution >= 4 is 23.3 Å². The summed E-state index contributed by atoms with van der Waals surface area (Å²) >= 11 is 0. The van der Waals surface area contributed by atoms with Crippen molar-refractivity contribution in [2.75, 3.05) is 13.6 Å². The summed E-state index contributed by atoms with van der Waals surface area (Å²) in [5, 5.41) is 22.9. The van der Waals surface area contributed by atoms with Gasteiger partial charge in [-0.2, -0.15) is 13.2 Å². The van der Waals surface area contributed by atoms with E-state index >= 15 is 0 Å². The van der Waals surface area contributed by atoms with Crippen molar-refractivity contribution in [3.63, 3.8) is 0 Å². The number of aromatic nitrogens is 1. The van der Waals surface area contributed by atoms with Crippen LogP contribution in [0.4, 0.5) is 13.2 Å². The van der Waals surface area contributed by atoms with E-state index < -0.39 is 22.8 Å². The number of hydrogen-bond acceptors (Lipinski definition) is 4. The second kappa shape index (κ2) is 7.08. The highest BCUT2D eigenvalue weighted by molar-refractivity contribution is 5.85. The zero-order chi connectivity index (χ0) is 22.5. The standard InChI is InChI=1S/C25H23F3N2O2.ClH/c1-30-7-6-23-13-21-16(8-15-9-17(25(26,27)28)3-5-20(15)29-21)12-24(23,32)22(30)10-14-2-4-18(31)11-19(14)23;/h2-5,8-9,11,22,31-32H,6-7,10,12-13H2,1H3;1H/t22-,23-,24-;/m1./s1. The molecule has 1 aromatic heterocycles. The highest BCUT2D eigenvalue weighted by atomic mass is 35.5. The van der Waals surface area contributed by atoms with Crippen molar-refractivity contribution < 1.29 is 23.4 Å². The number of phenolic OH excluding ortho intramolecular Hbond substituents is 1. The maximum Gasteiger partial charge on any atom is 0.416 e. The summed E-state index contributed by atoms with van der Waals surface area (Å²) in [5.41, 5.74) is 1.88. The number of benzene rings is 2. The number of nitrogens with zero attached hydrogens (tertiary/aromatic N) is 2. The molecule has 33 heavy (non-hydrogen) atoms. The summed E-state index contributed by atoms with van der Waals surface area (Å²) in [7, 11) is 2.02. The van der Waals surface area contributed by atoms with Gasteiger partial charge in [0.15, 0.2) is 0 Å². The molecule has 1 fully saturated rings. The lowest BCUT2D eigenvalue weighted by molar-refractivity contribution is -0.145. The minimum absolute atomic E-state index is 0. The lowest BCUT2D eigenvalue weighted by Gasteiger charge is -2.63. The summed E-state index contributed by atoms with van der Waals surface area (Å²) in [6.07, 6.45) is -2.21. The number of halogens is 4. The van der Waals surface area contributed by atoms with E-state index in [4.69, 9.17) is 4.98 Å². The summed E-state index contributed by atoms with van der Waals surface area (Å²) in [5.74, 6) is 0.176. The molecule has 3 aliphatic rings. The molecule has 3 atom stereocenters. The van der Waals surface area contributed by atoms with Gasteiger partial charge in [0, 0.05) is 35.4 Å². The monoisotopic (exact) mass is 476 g/mol. The van der Waals surface area contributed by atoms with E-state index in [1.165, 1.54) is 6.07 Å². The van der Waals surface area contributed by atoms with Crippen LogP contribution in [0, 0.1) is 0 Å². The van der Waals surface area contributed by atoms with E-state index in [0.717, 1.165) is 47.5 Å². The molecular weight excluding hydrogens is 453 g/mol. The van der Waals surface area contributed by atoms with Crippen molar-refractivity contribution in [3.05, 3.63) is 70.4 Å². The molecule has 3 aromatic rings. The number of likely N-dealkylation sites (N-methyl/N-ethyl adjacent to an activating group) is 1. The number of aliphatic hydroxyl groups is 1. The Hall–Kier alpha value is -2.35. The smallest absolute Gasteiger partial charge is 0.416 e. The third-order valence-corrected chi connectivity index (χ3v) is 8.07. The van der Waals surface area contributed by atoms with Gasteiger partial charge in [-0.15, -0.1) is 12.4 Å². The van der Waals surface area contributed by atoms with Crippen molar-refractivity contribution in [2.24, 2.45) is 0 Å². The number of aromatic hydroxyl groups is 1. The van der Waals surface area contributed by atoms with Gasteiger partial charge < -0.3 is 15.1 Å². The van der Waals surface area contributed by atoms with Crippen molar-refractivity contribution in [1.82, 2.24) is 9.88 Å². The summed E-state index contributed by atoms with van der Waals surface area (Å²) in [6, 6.07) is 10.7. The van der Waals surface area contributed by atoms with E-state index in [0.29, 0.717) is 30.2 Å². The molecule has 0 unspecified atom stereocenters. The highest BCUT2D eigenvalue weighted by Crippen LogP contribution is 2.57. The maximum absolute atomic E-state index is 13.2. The summed E-state index contributed by atoms with van der Waals surface area (Å²) in [6.45, 7) is 0.819. The second-order valence-corrected chi connectivity index (χ2v) is 9.65. The quantitative estimate of drug-likeness (QED) is 0.504. The number of hydrogen-bond donors (Lipinski definition) is 2. The number of pyridine rings is 1. The fourth-order valence-corrected chi connectivity index (χ4v) is 6.45. The normalized spacial score (nSPS) is 28.5. The minimum Gasteiger partial charge on any atom is -0.508 e. The van der Waals surface area contributed by atoms with E-state index in [-0.39, 0.29) is 24.2 Å². The number of rotatable bonds is 0. The Kier molecular flexibility index (Phi) is 4.81. The molecule has 2 aromatic carbocycles. The van der Waals surface area contributed by atoms with Crippen LogP contribution >= 0.6 is 12.4 Å². The topological polar surface area (TPSA) is 56.6 Å². The minimum atomic E-state index is -4.42. The Morgan fingerprint density at radius 2 is 1.85 bits per heavy atom. The largest absolute Gasteiger partial charge is 0.508 e. The van der Waals surface area contributed by atoms with Gasteiger partial charge in [-0.25, -0.2) is 0 Å². The molecule has 0 saturated carbocycles. The lowest BCUT2D eigenvalue weighted by atomic mass is 9.49. The molecule has 2 bridgehead atoms. The number of alkyl halides is 3. The number of piperidine rings is 1. The van der Waals surface area contributed by atoms with Crippen LogP contribution in [0.25, 0.3) is 10.9 Å². The van der Waals surface area contributed by atoms with Crippen molar-refractivity contribution in [3.8, 4) is 5.75 Å². The Morgan fingerprint density at radius 1 is 1.06 bits per heavy atom. The fourth-order valence-electron chi connectivity index (χ4n) is 6.45. The summed E-state index contributed by atoms with van der Waals surface area (Å²) in [4.78, 5) is 6.95. The fraction of sp³-hybridized carbons (Fsp3) is 0.400. The van der Waals surface area contributed by atoms with Gasteiger partial charge in [-0.1, -0.05) is 6.07 Å². The Morgan fingerprint density at radius 3 is 2.61 bits per heavy atom. The Labute approximate surface area is 195 Å². The third-order valence-electron chi connectivity index (χ3n) is 8.07. The van der Waals surface area contributed by atoms with Gasteiger partial charge in [0.2, 0.25) is 0 Å². The van der Waals surface area contributed by atoms with Gasteiger partial charge in [-0.3, -0.25) is 4.98 Å². The average Bonchev–Trinajstić information content (AvgIpc) is 2.72. The van der Waals surface area contributed by atoms with E-state index in [9.17, 15) is 23.4 Å². The molecule has 8 heteroatoms. The maximum atomic E-state index is 13.2. The van der Waals surface area contributed by atoms with E-state index in [1.807, 2.05) is 13.1 Å².